The van der Waals surface area contributed by atoms with Crippen LogP contribution in [0.3, 0.4) is 0 Å². The van der Waals surface area contributed by atoms with E-state index in [1.54, 1.807) is 19.6 Å². The van der Waals surface area contributed by atoms with Crippen LogP contribution in [0, 0.1) is 16.7 Å². The first-order valence-electron chi connectivity index (χ1n) is 12.6. The molecule has 9 nitrogen and oxygen atoms in total. The molecule has 1 aliphatic heterocycles. The van der Waals surface area contributed by atoms with Gasteiger partial charge in [-0.3, -0.25) is 4.98 Å². The van der Waals surface area contributed by atoms with Crippen molar-refractivity contribution in [2.24, 2.45) is 5.41 Å². The number of anilines is 2. The quantitative estimate of drug-likeness (QED) is 0.470. The summed E-state index contributed by atoms with van der Waals surface area (Å²) in [6.07, 6.45) is 9.32. The highest BCUT2D eigenvalue weighted by atomic mass is 16.5. The first-order valence-corrected chi connectivity index (χ1v) is 12.6. The average molecular weight is 480 g/mol. The van der Waals surface area contributed by atoms with Crippen molar-refractivity contribution in [2.75, 3.05) is 44.1 Å². The van der Waals surface area contributed by atoms with Crippen LogP contribution >= 0.6 is 0 Å². The minimum absolute atomic E-state index is 0.374. The fraction of sp³-hybridized carbons (Fsp3) is 0.615. The van der Waals surface area contributed by atoms with Gasteiger partial charge < -0.3 is 25.4 Å². The fourth-order valence-electron chi connectivity index (χ4n) is 4.93. The lowest BCUT2D eigenvalue weighted by Crippen LogP contribution is -2.42. The van der Waals surface area contributed by atoms with Crippen LogP contribution in [0.1, 0.15) is 45.4 Å². The minimum Gasteiger partial charge on any atom is -0.383 e. The zero-order valence-electron chi connectivity index (χ0n) is 20.8. The number of nitrogens with one attached hydrogen (secondary N) is 3. The third-order valence-corrected chi connectivity index (χ3v) is 7.02. The Morgan fingerprint density at radius 3 is 2.60 bits per heavy atom. The summed E-state index contributed by atoms with van der Waals surface area (Å²) in [5.41, 5.74) is 2.09. The number of nitrogens with zero attached hydrogens (tertiary/aromatic N) is 4. The van der Waals surface area contributed by atoms with E-state index in [1.807, 2.05) is 18.2 Å². The predicted octanol–water partition coefficient (Wildman–Crippen LogP) is 3.62. The standard InChI is InChI=1S/C26H37N7O2/c1-19(15-34-2)32-20-3-5-21(6-4-20)33-25-14-24(30-18-31-25)23-13-22(7-10-28-23)29-17-26(16-27)8-11-35-12-9-26/h7,10,13-14,18-21,32H,3-6,8-9,11-12,15,17H2,1-2H3,(H,28,29)(H,30,31,33). The van der Waals surface area contributed by atoms with Crippen molar-refractivity contribution in [2.45, 2.75) is 63.6 Å². The van der Waals surface area contributed by atoms with Gasteiger partial charge in [0.15, 0.2) is 0 Å². The van der Waals surface area contributed by atoms with E-state index in [4.69, 9.17) is 9.47 Å². The summed E-state index contributed by atoms with van der Waals surface area (Å²) in [5.74, 6) is 0.824. The first-order chi connectivity index (χ1) is 17.1. The van der Waals surface area contributed by atoms with Crippen molar-refractivity contribution in [3.63, 3.8) is 0 Å². The van der Waals surface area contributed by atoms with Crippen LogP contribution in [0.5, 0.6) is 0 Å². The molecule has 3 heterocycles. The maximum Gasteiger partial charge on any atom is 0.130 e. The van der Waals surface area contributed by atoms with Gasteiger partial charge in [-0.1, -0.05) is 0 Å². The minimum atomic E-state index is -0.385. The molecule has 0 amide bonds. The normalized spacial score (nSPS) is 22.7. The van der Waals surface area contributed by atoms with Gasteiger partial charge in [-0.25, -0.2) is 9.97 Å². The van der Waals surface area contributed by atoms with Crippen LogP contribution in [0.4, 0.5) is 11.5 Å². The number of ether oxygens (including phenoxy) is 2. The second-order valence-electron chi connectivity index (χ2n) is 9.79. The number of rotatable bonds is 10. The van der Waals surface area contributed by atoms with Crippen LogP contribution in [-0.2, 0) is 9.47 Å². The van der Waals surface area contributed by atoms with Gasteiger partial charge in [-0.15, -0.1) is 0 Å². The third-order valence-electron chi connectivity index (χ3n) is 7.02. The number of methoxy groups -OCH3 is 1. The molecule has 1 aliphatic carbocycles. The summed E-state index contributed by atoms with van der Waals surface area (Å²) >= 11 is 0. The smallest absolute Gasteiger partial charge is 0.130 e. The van der Waals surface area contributed by atoms with Crippen molar-refractivity contribution < 1.29 is 9.47 Å². The molecule has 9 heteroatoms. The molecule has 0 bridgehead atoms. The van der Waals surface area contributed by atoms with E-state index in [-0.39, 0.29) is 5.41 Å². The van der Waals surface area contributed by atoms with Crippen LogP contribution in [0.15, 0.2) is 30.7 Å². The Balaban J connectivity index is 1.33. The molecule has 1 saturated heterocycles. The van der Waals surface area contributed by atoms with E-state index >= 15 is 0 Å². The first kappa shape index (κ1) is 25.3. The maximum atomic E-state index is 9.70. The van der Waals surface area contributed by atoms with Crippen molar-refractivity contribution in [1.82, 2.24) is 20.3 Å². The van der Waals surface area contributed by atoms with Gasteiger partial charge >= 0.3 is 0 Å². The van der Waals surface area contributed by atoms with Crippen molar-refractivity contribution in [3.05, 3.63) is 30.7 Å². The number of hydrogen-bond donors (Lipinski definition) is 3. The number of pyridine rings is 1. The summed E-state index contributed by atoms with van der Waals surface area (Å²) in [6, 6.07) is 9.69. The molecular formula is C26H37N7O2. The zero-order valence-corrected chi connectivity index (χ0v) is 20.8. The zero-order chi connectivity index (χ0) is 24.5. The van der Waals surface area contributed by atoms with Gasteiger partial charge in [0.25, 0.3) is 0 Å². The second kappa shape index (κ2) is 12.2. The highest BCUT2D eigenvalue weighted by Crippen LogP contribution is 2.30. The summed E-state index contributed by atoms with van der Waals surface area (Å²) in [4.78, 5) is 13.4. The Bertz CT molecular complexity index is 982. The maximum absolute atomic E-state index is 9.70. The van der Waals surface area contributed by atoms with Gasteiger partial charge in [-0.2, -0.15) is 5.26 Å². The Labute approximate surface area is 208 Å². The molecule has 0 radical (unpaired) electrons. The van der Waals surface area contributed by atoms with Crippen molar-refractivity contribution in [1.29, 1.82) is 5.26 Å². The van der Waals surface area contributed by atoms with Gasteiger partial charge in [0.2, 0.25) is 0 Å². The Morgan fingerprint density at radius 2 is 1.86 bits per heavy atom. The average Bonchev–Trinajstić information content (AvgIpc) is 2.90. The lowest BCUT2D eigenvalue weighted by molar-refractivity contribution is 0.0456. The lowest BCUT2D eigenvalue weighted by Gasteiger charge is -2.31. The van der Waals surface area contributed by atoms with Gasteiger partial charge in [0.05, 0.1) is 29.5 Å². The monoisotopic (exact) mass is 479 g/mol. The summed E-state index contributed by atoms with van der Waals surface area (Å²) in [5, 5.41) is 20.4. The van der Waals surface area contributed by atoms with Crippen LogP contribution in [0.2, 0.25) is 0 Å². The molecule has 2 fully saturated rings. The van der Waals surface area contributed by atoms with E-state index in [1.165, 1.54) is 0 Å². The molecule has 2 aromatic heterocycles. The number of hydrogen-bond acceptors (Lipinski definition) is 9. The Morgan fingerprint density at radius 1 is 1.11 bits per heavy atom. The highest BCUT2D eigenvalue weighted by molar-refractivity contribution is 5.63. The Hall–Kier alpha value is -2.80. The molecule has 1 saturated carbocycles. The summed E-state index contributed by atoms with van der Waals surface area (Å²) < 4.78 is 10.7. The molecule has 4 rings (SSSR count). The molecule has 0 spiro atoms. The van der Waals surface area contributed by atoms with Crippen molar-refractivity contribution in [3.8, 4) is 17.5 Å². The molecule has 3 N–H and O–H groups in total. The van der Waals surface area contributed by atoms with E-state index < -0.39 is 0 Å². The van der Waals surface area contributed by atoms with Gasteiger partial charge in [0, 0.05) is 62.9 Å². The molecule has 1 unspecified atom stereocenters. The Kier molecular flexibility index (Phi) is 8.85. The second-order valence-corrected chi connectivity index (χ2v) is 9.79. The molecule has 0 aromatic carbocycles. The lowest BCUT2D eigenvalue weighted by atomic mass is 9.81. The van der Waals surface area contributed by atoms with Crippen LogP contribution in [0.25, 0.3) is 11.4 Å². The molecule has 2 aromatic rings. The topological polar surface area (TPSA) is 117 Å². The molecule has 2 aliphatic rings. The number of nitriles is 1. The van der Waals surface area contributed by atoms with Gasteiger partial charge in [-0.05, 0) is 57.6 Å². The molecule has 188 valence electrons. The largest absolute Gasteiger partial charge is 0.383 e. The molecular weight excluding hydrogens is 442 g/mol. The molecule has 1 atom stereocenters. The van der Waals surface area contributed by atoms with Crippen LogP contribution in [-0.4, -0.2) is 66.6 Å². The van der Waals surface area contributed by atoms with E-state index in [2.05, 4.69) is 43.9 Å². The third kappa shape index (κ3) is 7.10. The SMILES string of the molecule is COCC(C)NC1CCC(Nc2cc(-c3cc(NCC4(C#N)CCOCC4)ccn3)ncn2)CC1. The van der Waals surface area contributed by atoms with Crippen molar-refractivity contribution >= 4 is 11.5 Å². The van der Waals surface area contributed by atoms with Gasteiger partial charge in [0.1, 0.15) is 12.1 Å². The fourth-order valence-corrected chi connectivity index (χ4v) is 4.93. The summed E-state index contributed by atoms with van der Waals surface area (Å²) in [6.45, 7) is 4.77. The number of aromatic nitrogens is 3. The van der Waals surface area contributed by atoms with E-state index in [0.717, 1.165) is 68.0 Å². The summed E-state index contributed by atoms with van der Waals surface area (Å²) in [7, 11) is 1.74. The van der Waals surface area contributed by atoms with Crippen LogP contribution < -0.4 is 16.0 Å². The van der Waals surface area contributed by atoms with E-state index in [9.17, 15) is 5.26 Å². The predicted molar refractivity (Wildman–Crippen MR) is 136 cm³/mol. The van der Waals surface area contributed by atoms with E-state index in [0.29, 0.717) is 37.9 Å². The molecule has 35 heavy (non-hydrogen) atoms. The highest BCUT2D eigenvalue weighted by Gasteiger charge is 2.32.